The van der Waals surface area contributed by atoms with Crippen molar-refractivity contribution < 1.29 is 14.7 Å². The minimum Gasteiger partial charge on any atom is -0.459 e. The number of hydrogen-bond donors (Lipinski definition) is 1. The van der Waals surface area contributed by atoms with Crippen LogP contribution in [-0.4, -0.2) is 33.4 Å². The minimum absolute atomic E-state index is 0.193. The molecule has 0 saturated carbocycles. The molecule has 0 spiro atoms. The van der Waals surface area contributed by atoms with Gasteiger partial charge in [-0.25, -0.2) is 4.79 Å². The van der Waals surface area contributed by atoms with Crippen molar-refractivity contribution in [2.45, 2.75) is 57.7 Å². The van der Waals surface area contributed by atoms with Gasteiger partial charge in [0, 0.05) is 30.0 Å². The average molecular weight is 303 g/mol. The van der Waals surface area contributed by atoms with E-state index in [1.165, 1.54) is 11.1 Å². The number of hydrogen-bond acceptors (Lipinski definition) is 4. The van der Waals surface area contributed by atoms with Gasteiger partial charge in [-0.15, -0.1) is 0 Å². The molecule has 4 heteroatoms. The number of nitrogens with zero attached hydrogens (tertiary/aromatic N) is 1. The Morgan fingerprint density at radius 1 is 1.18 bits per heavy atom. The number of hydroxylamine groups is 2. The van der Waals surface area contributed by atoms with Crippen molar-refractivity contribution in [3.05, 3.63) is 42.0 Å². The Morgan fingerprint density at radius 2 is 1.73 bits per heavy atom. The molecule has 0 unspecified atom stereocenters. The molecule has 1 aromatic carbocycles. The lowest BCUT2D eigenvalue weighted by molar-refractivity contribution is -0.259. The summed E-state index contributed by atoms with van der Waals surface area (Å²) in [5.41, 5.74) is 0.122. The molecule has 22 heavy (non-hydrogen) atoms. The van der Waals surface area contributed by atoms with E-state index in [0.717, 1.165) is 5.56 Å². The summed E-state index contributed by atoms with van der Waals surface area (Å²) in [5, 5.41) is 11.6. The molecule has 1 aliphatic heterocycles. The molecule has 1 fully saturated rings. The van der Waals surface area contributed by atoms with Gasteiger partial charge >= 0.3 is 5.97 Å². The van der Waals surface area contributed by atoms with E-state index in [4.69, 9.17) is 4.74 Å². The quantitative estimate of drug-likeness (QED) is 0.684. The fourth-order valence-electron chi connectivity index (χ4n) is 3.19. The second-order valence-electron chi connectivity index (χ2n) is 7.15. The Balaban J connectivity index is 1.99. The number of ether oxygens (including phenoxy) is 1. The fraction of sp³-hybridized carbons (Fsp3) is 0.500. The van der Waals surface area contributed by atoms with Crippen LogP contribution in [0.3, 0.4) is 0 Å². The van der Waals surface area contributed by atoms with E-state index < -0.39 is 11.1 Å². The monoisotopic (exact) mass is 303 g/mol. The third kappa shape index (κ3) is 3.96. The van der Waals surface area contributed by atoms with Crippen molar-refractivity contribution in [1.82, 2.24) is 5.06 Å². The zero-order chi connectivity index (χ0) is 16.4. The highest BCUT2D eigenvalue weighted by molar-refractivity contribution is 5.87. The van der Waals surface area contributed by atoms with E-state index in [9.17, 15) is 10.0 Å². The van der Waals surface area contributed by atoms with Crippen LogP contribution in [0.25, 0.3) is 6.08 Å². The molecule has 1 saturated heterocycles. The highest BCUT2D eigenvalue weighted by Gasteiger charge is 2.46. The van der Waals surface area contributed by atoms with E-state index >= 15 is 0 Å². The normalized spacial score (nSPS) is 21.9. The summed E-state index contributed by atoms with van der Waals surface area (Å²) >= 11 is 0. The predicted octanol–water partition coefficient (Wildman–Crippen LogP) is 3.65. The first-order valence-corrected chi connectivity index (χ1v) is 7.64. The number of carbonyl (C=O) groups is 1. The first kappa shape index (κ1) is 16.7. The Bertz CT molecular complexity index is 531. The maximum absolute atomic E-state index is 12.0. The van der Waals surface area contributed by atoms with Crippen LogP contribution in [0.15, 0.2) is 36.4 Å². The maximum Gasteiger partial charge on any atom is 0.331 e. The number of piperidine rings is 1. The molecular formula is C18H25NO3. The van der Waals surface area contributed by atoms with Crippen LogP contribution in [0, 0.1) is 0 Å². The van der Waals surface area contributed by atoms with Gasteiger partial charge in [-0.2, -0.15) is 5.06 Å². The predicted molar refractivity (Wildman–Crippen MR) is 86.4 cm³/mol. The summed E-state index contributed by atoms with van der Waals surface area (Å²) in [4.78, 5) is 12.0. The first-order chi connectivity index (χ1) is 10.2. The molecule has 0 aliphatic carbocycles. The van der Waals surface area contributed by atoms with E-state index in [2.05, 4.69) is 0 Å². The molecule has 1 heterocycles. The van der Waals surface area contributed by atoms with Crippen molar-refractivity contribution in [1.29, 1.82) is 0 Å². The first-order valence-electron chi connectivity index (χ1n) is 7.64. The number of carbonyl (C=O) groups excluding carboxylic acids is 1. The zero-order valence-electron chi connectivity index (χ0n) is 13.7. The SMILES string of the molecule is CC1(C)CC(OC(=O)C=Cc2ccccc2)CC(C)(C)N1O. The summed E-state index contributed by atoms with van der Waals surface area (Å²) in [6, 6.07) is 9.64. The van der Waals surface area contributed by atoms with E-state index in [1.807, 2.05) is 58.0 Å². The van der Waals surface area contributed by atoms with Crippen LogP contribution in [-0.2, 0) is 9.53 Å². The van der Waals surface area contributed by atoms with Gasteiger partial charge in [0.1, 0.15) is 6.10 Å². The van der Waals surface area contributed by atoms with Gasteiger partial charge in [-0.05, 0) is 39.3 Å². The van der Waals surface area contributed by atoms with Crippen LogP contribution in [0.2, 0.25) is 0 Å². The molecule has 0 amide bonds. The van der Waals surface area contributed by atoms with Crippen LogP contribution >= 0.6 is 0 Å². The summed E-state index contributed by atoms with van der Waals surface area (Å²) in [6.07, 6.45) is 4.23. The van der Waals surface area contributed by atoms with Crippen molar-refractivity contribution in [3.63, 3.8) is 0 Å². The Morgan fingerprint density at radius 3 is 2.27 bits per heavy atom. The summed E-state index contributed by atoms with van der Waals surface area (Å²) < 4.78 is 5.57. The lowest BCUT2D eigenvalue weighted by atomic mass is 9.80. The third-order valence-corrected chi connectivity index (χ3v) is 4.10. The molecular weight excluding hydrogens is 278 g/mol. The number of benzene rings is 1. The van der Waals surface area contributed by atoms with Crippen molar-refractivity contribution in [3.8, 4) is 0 Å². The number of esters is 1. The van der Waals surface area contributed by atoms with Crippen molar-refractivity contribution in [2.24, 2.45) is 0 Å². The zero-order valence-corrected chi connectivity index (χ0v) is 13.7. The lowest BCUT2D eigenvalue weighted by Crippen LogP contribution is -2.60. The van der Waals surface area contributed by atoms with E-state index in [1.54, 1.807) is 6.08 Å². The molecule has 1 aromatic rings. The smallest absolute Gasteiger partial charge is 0.331 e. The Kier molecular flexibility index (Phi) is 4.73. The molecule has 0 atom stereocenters. The summed E-state index contributed by atoms with van der Waals surface area (Å²) in [6.45, 7) is 7.81. The van der Waals surface area contributed by atoms with E-state index in [0.29, 0.717) is 12.8 Å². The van der Waals surface area contributed by atoms with Crippen LogP contribution in [0.1, 0.15) is 46.1 Å². The topological polar surface area (TPSA) is 49.8 Å². The lowest BCUT2D eigenvalue weighted by Gasteiger charge is -2.50. The number of rotatable bonds is 3. The van der Waals surface area contributed by atoms with Gasteiger partial charge in [-0.1, -0.05) is 30.3 Å². The van der Waals surface area contributed by atoms with Crippen molar-refractivity contribution >= 4 is 12.0 Å². The minimum atomic E-state index is -0.421. The molecule has 0 radical (unpaired) electrons. The third-order valence-electron chi connectivity index (χ3n) is 4.10. The Labute approximate surface area is 132 Å². The molecule has 2 rings (SSSR count). The van der Waals surface area contributed by atoms with Gasteiger partial charge < -0.3 is 9.94 Å². The van der Waals surface area contributed by atoms with Gasteiger partial charge in [0.25, 0.3) is 0 Å². The standard InChI is InChI=1S/C18H25NO3/c1-17(2)12-15(13-18(3,4)19(17)21)22-16(20)11-10-14-8-6-5-7-9-14/h5-11,15,21H,12-13H2,1-4H3. The molecule has 120 valence electrons. The van der Waals surface area contributed by atoms with Crippen LogP contribution < -0.4 is 0 Å². The van der Waals surface area contributed by atoms with Crippen LogP contribution in [0.4, 0.5) is 0 Å². The van der Waals surface area contributed by atoms with Gasteiger partial charge in [-0.3, -0.25) is 0 Å². The largest absolute Gasteiger partial charge is 0.459 e. The fourth-order valence-corrected chi connectivity index (χ4v) is 3.19. The summed E-state index contributed by atoms with van der Waals surface area (Å²) in [7, 11) is 0. The van der Waals surface area contributed by atoms with Crippen molar-refractivity contribution in [2.75, 3.05) is 0 Å². The molecule has 0 bridgehead atoms. The van der Waals surface area contributed by atoms with Gasteiger partial charge in [0.05, 0.1) is 0 Å². The van der Waals surface area contributed by atoms with Gasteiger partial charge in [0.15, 0.2) is 0 Å². The summed E-state index contributed by atoms with van der Waals surface area (Å²) in [5.74, 6) is -0.341. The highest BCUT2D eigenvalue weighted by atomic mass is 16.5. The van der Waals surface area contributed by atoms with Gasteiger partial charge in [0.2, 0.25) is 0 Å². The second-order valence-corrected chi connectivity index (χ2v) is 7.15. The second kappa shape index (κ2) is 6.23. The maximum atomic E-state index is 12.0. The van der Waals surface area contributed by atoms with E-state index in [-0.39, 0.29) is 12.1 Å². The Hall–Kier alpha value is -1.65. The molecule has 4 nitrogen and oxygen atoms in total. The molecule has 0 aromatic heterocycles. The molecule has 1 aliphatic rings. The van der Waals surface area contributed by atoms with Crippen LogP contribution in [0.5, 0.6) is 0 Å². The molecule has 1 N–H and O–H groups in total. The average Bonchev–Trinajstić information content (AvgIpc) is 2.43. The highest BCUT2D eigenvalue weighted by Crippen LogP contribution is 2.37.